The van der Waals surface area contributed by atoms with Gasteiger partial charge in [0.2, 0.25) is 0 Å². The first-order valence-corrected chi connectivity index (χ1v) is 6.36. The zero-order valence-corrected chi connectivity index (χ0v) is 10.3. The largest absolute Gasteiger partial charge is 0.316 e. The average molecular weight is 235 g/mol. The highest BCUT2D eigenvalue weighted by molar-refractivity contribution is 5.15. The molecule has 1 aliphatic heterocycles. The zero-order valence-electron chi connectivity index (χ0n) is 10.3. The van der Waals surface area contributed by atoms with Crippen molar-refractivity contribution in [1.82, 2.24) is 15.3 Å². The van der Waals surface area contributed by atoms with E-state index < -0.39 is 0 Å². The SMILES string of the molecule is Cc1nc(C2CC3CNCC3C2)nc(C)c1F. The van der Waals surface area contributed by atoms with Crippen LogP contribution in [-0.2, 0) is 0 Å². The monoisotopic (exact) mass is 235 g/mol. The van der Waals surface area contributed by atoms with Gasteiger partial charge in [0.05, 0.1) is 11.4 Å². The third-order valence-corrected chi connectivity index (χ3v) is 4.22. The maximum absolute atomic E-state index is 13.5. The topological polar surface area (TPSA) is 37.8 Å². The molecule has 1 aromatic rings. The Kier molecular flexibility index (Phi) is 2.62. The highest BCUT2D eigenvalue weighted by Gasteiger charge is 2.39. The van der Waals surface area contributed by atoms with Gasteiger partial charge in [0.15, 0.2) is 5.82 Å². The number of halogens is 1. The van der Waals surface area contributed by atoms with E-state index in [1.54, 1.807) is 13.8 Å². The molecule has 2 heterocycles. The van der Waals surface area contributed by atoms with Crippen LogP contribution in [0.5, 0.6) is 0 Å². The minimum absolute atomic E-state index is 0.256. The lowest BCUT2D eigenvalue weighted by molar-refractivity contribution is 0.494. The minimum Gasteiger partial charge on any atom is -0.316 e. The molecule has 2 fully saturated rings. The Morgan fingerprint density at radius 1 is 1.06 bits per heavy atom. The van der Waals surface area contributed by atoms with E-state index >= 15 is 0 Å². The van der Waals surface area contributed by atoms with Crippen molar-refractivity contribution in [3.63, 3.8) is 0 Å². The number of rotatable bonds is 1. The molecule has 1 saturated heterocycles. The van der Waals surface area contributed by atoms with E-state index in [9.17, 15) is 4.39 Å². The summed E-state index contributed by atoms with van der Waals surface area (Å²) in [5, 5.41) is 3.43. The van der Waals surface area contributed by atoms with Crippen molar-refractivity contribution in [1.29, 1.82) is 0 Å². The van der Waals surface area contributed by atoms with E-state index in [1.165, 1.54) is 0 Å². The molecule has 1 aliphatic carbocycles. The molecular formula is C13H18FN3. The van der Waals surface area contributed by atoms with E-state index in [2.05, 4.69) is 15.3 Å². The van der Waals surface area contributed by atoms with Crippen LogP contribution >= 0.6 is 0 Å². The highest BCUT2D eigenvalue weighted by Crippen LogP contribution is 2.42. The van der Waals surface area contributed by atoms with Crippen LogP contribution < -0.4 is 5.32 Å². The molecule has 17 heavy (non-hydrogen) atoms. The van der Waals surface area contributed by atoms with E-state index in [4.69, 9.17) is 0 Å². The van der Waals surface area contributed by atoms with Crippen LogP contribution in [0.1, 0.15) is 36.0 Å². The standard InChI is InChI=1S/C13H18FN3/c1-7-12(14)8(2)17-13(16-7)9-3-10-5-15-6-11(10)4-9/h9-11,15H,3-6H2,1-2H3. The molecule has 2 atom stereocenters. The van der Waals surface area contributed by atoms with Crippen LogP contribution in [0, 0.1) is 31.5 Å². The molecule has 0 spiro atoms. The fourth-order valence-electron chi connectivity index (χ4n) is 3.29. The summed E-state index contributed by atoms with van der Waals surface area (Å²) in [6.45, 7) is 5.70. The molecule has 1 N–H and O–H groups in total. The molecule has 1 aromatic heterocycles. The van der Waals surface area contributed by atoms with Crippen molar-refractivity contribution >= 4 is 0 Å². The van der Waals surface area contributed by atoms with Gasteiger partial charge in [-0.1, -0.05) is 0 Å². The number of aromatic nitrogens is 2. The Labute approximate surface area is 101 Å². The van der Waals surface area contributed by atoms with Gasteiger partial charge in [-0.25, -0.2) is 14.4 Å². The summed E-state index contributed by atoms with van der Waals surface area (Å²) in [5.41, 5.74) is 0.977. The third kappa shape index (κ3) is 1.84. The fourth-order valence-corrected chi connectivity index (χ4v) is 3.29. The normalized spacial score (nSPS) is 31.8. The summed E-state index contributed by atoms with van der Waals surface area (Å²) >= 11 is 0. The first kappa shape index (κ1) is 11.1. The van der Waals surface area contributed by atoms with E-state index in [1.807, 2.05) is 0 Å². The van der Waals surface area contributed by atoms with Crippen LogP contribution in [0.3, 0.4) is 0 Å². The quantitative estimate of drug-likeness (QED) is 0.808. The van der Waals surface area contributed by atoms with Gasteiger partial charge in [-0.15, -0.1) is 0 Å². The Balaban J connectivity index is 1.86. The van der Waals surface area contributed by atoms with E-state index in [0.717, 1.165) is 43.6 Å². The molecule has 0 amide bonds. The van der Waals surface area contributed by atoms with Crippen LogP contribution in [0.4, 0.5) is 4.39 Å². The van der Waals surface area contributed by atoms with Crippen molar-refractivity contribution in [2.75, 3.05) is 13.1 Å². The first-order chi connectivity index (χ1) is 8.15. The van der Waals surface area contributed by atoms with Gasteiger partial charge in [-0.3, -0.25) is 0 Å². The number of nitrogens with zero attached hydrogens (tertiary/aromatic N) is 2. The molecular weight excluding hydrogens is 217 g/mol. The summed E-state index contributed by atoms with van der Waals surface area (Å²) < 4.78 is 13.5. The minimum atomic E-state index is -0.256. The molecule has 0 bridgehead atoms. The maximum atomic E-state index is 13.5. The average Bonchev–Trinajstić information content (AvgIpc) is 2.84. The number of hydrogen-bond donors (Lipinski definition) is 1. The summed E-state index contributed by atoms with van der Waals surface area (Å²) in [5.74, 6) is 2.58. The Hall–Kier alpha value is -1.03. The van der Waals surface area contributed by atoms with Crippen molar-refractivity contribution in [3.05, 3.63) is 23.0 Å². The second kappa shape index (κ2) is 4.02. The van der Waals surface area contributed by atoms with E-state index in [-0.39, 0.29) is 5.82 Å². The first-order valence-electron chi connectivity index (χ1n) is 6.36. The number of nitrogens with one attached hydrogen (secondary N) is 1. The van der Waals surface area contributed by atoms with Crippen LogP contribution in [0.15, 0.2) is 0 Å². The predicted octanol–water partition coefficient (Wildman–Crippen LogP) is 1.95. The van der Waals surface area contributed by atoms with Gasteiger partial charge < -0.3 is 5.32 Å². The van der Waals surface area contributed by atoms with Gasteiger partial charge in [-0.2, -0.15) is 0 Å². The molecule has 2 aliphatic rings. The smallest absolute Gasteiger partial charge is 0.165 e. The van der Waals surface area contributed by atoms with Gasteiger partial charge in [0, 0.05) is 5.92 Å². The van der Waals surface area contributed by atoms with Crippen molar-refractivity contribution in [3.8, 4) is 0 Å². The Morgan fingerprint density at radius 3 is 2.12 bits per heavy atom. The summed E-state index contributed by atoms with van der Waals surface area (Å²) in [6, 6.07) is 0. The highest BCUT2D eigenvalue weighted by atomic mass is 19.1. The van der Waals surface area contributed by atoms with Crippen LogP contribution in [0.25, 0.3) is 0 Å². The molecule has 3 rings (SSSR count). The second-order valence-corrected chi connectivity index (χ2v) is 5.41. The van der Waals surface area contributed by atoms with Gasteiger partial charge in [-0.05, 0) is 51.6 Å². The Bertz CT molecular complexity index is 411. The lowest BCUT2D eigenvalue weighted by atomic mass is 10.0. The summed E-state index contributed by atoms with van der Waals surface area (Å²) in [4.78, 5) is 8.67. The predicted molar refractivity (Wildman–Crippen MR) is 63.3 cm³/mol. The van der Waals surface area contributed by atoms with Crippen LogP contribution in [0.2, 0.25) is 0 Å². The van der Waals surface area contributed by atoms with Crippen LogP contribution in [-0.4, -0.2) is 23.1 Å². The summed E-state index contributed by atoms with van der Waals surface area (Å²) in [6.07, 6.45) is 2.31. The second-order valence-electron chi connectivity index (χ2n) is 5.41. The van der Waals surface area contributed by atoms with Gasteiger partial charge >= 0.3 is 0 Å². The zero-order chi connectivity index (χ0) is 12.0. The number of fused-ring (bicyclic) bond motifs is 1. The molecule has 3 nitrogen and oxygen atoms in total. The number of aryl methyl sites for hydroxylation is 2. The van der Waals surface area contributed by atoms with E-state index in [0.29, 0.717) is 17.3 Å². The lowest BCUT2D eigenvalue weighted by Crippen LogP contribution is -2.13. The third-order valence-electron chi connectivity index (χ3n) is 4.22. The van der Waals surface area contributed by atoms with Gasteiger partial charge in [0.1, 0.15) is 5.82 Å². The van der Waals surface area contributed by atoms with Crippen molar-refractivity contribution in [2.45, 2.75) is 32.6 Å². The number of hydrogen-bond acceptors (Lipinski definition) is 3. The fraction of sp³-hybridized carbons (Fsp3) is 0.692. The van der Waals surface area contributed by atoms with Gasteiger partial charge in [0.25, 0.3) is 0 Å². The molecule has 1 saturated carbocycles. The summed E-state index contributed by atoms with van der Waals surface area (Å²) in [7, 11) is 0. The molecule has 4 heteroatoms. The van der Waals surface area contributed by atoms with Crippen molar-refractivity contribution < 1.29 is 4.39 Å². The molecule has 2 unspecified atom stereocenters. The Morgan fingerprint density at radius 2 is 1.59 bits per heavy atom. The molecule has 92 valence electrons. The maximum Gasteiger partial charge on any atom is 0.165 e. The molecule has 0 aromatic carbocycles. The lowest BCUT2D eigenvalue weighted by Gasteiger charge is -2.12. The molecule has 0 radical (unpaired) electrons. The van der Waals surface area contributed by atoms with Crippen molar-refractivity contribution in [2.24, 2.45) is 11.8 Å².